The molecule has 0 aromatic carbocycles. The van der Waals surface area contributed by atoms with Gasteiger partial charge in [-0.15, -0.1) is 0 Å². The third kappa shape index (κ3) is 8.77. The van der Waals surface area contributed by atoms with Crippen LogP contribution in [0.3, 0.4) is 0 Å². The van der Waals surface area contributed by atoms with E-state index >= 15 is 0 Å². The molecule has 0 N–H and O–H groups in total. The van der Waals surface area contributed by atoms with Crippen LogP contribution in [-0.4, -0.2) is 17.7 Å². The summed E-state index contributed by atoms with van der Waals surface area (Å²) in [5.41, 5.74) is 0.306. The average molecular weight is 381 g/mol. The van der Waals surface area contributed by atoms with Gasteiger partial charge >= 0.3 is 11.9 Å². The fourth-order valence-electron chi connectivity index (χ4n) is 3.42. The van der Waals surface area contributed by atoms with Gasteiger partial charge in [0.05, 0.1) is 0 Å². The van der Waals surface area contributed by atoms with Crippen molar-refractivity contribution in [3.05, 3.63) is 24.8 Å². The summed E-state index contributed by atoms with van der Waals surface area (Å²) in [7, 11) is 0. The van der Waals surface area contributed by atoms with E-state index in [1.165, 1.54) is 0 Å². The lowest BCUT2D eigenvalue weighted by Gasteiger charge is -2.41. The topological polar surface area (TPSA) is 52.6 Å². The summed E-state index contributed by atoms with van der Waals surface area (Å²) in [6.45, 7) is 17.3. The first-order valence-corrected chi connectivity index (χ1v) is 10.5. The van der Waals surface area contributed by atoms with Crippen LogP contribution in [0, 0.1) is 11.8 Å². The van der Waals surface area contributed by atoms with Crippen molar-refractivity contribution < 1.29 is 19.1 Å². The van der Waals surface area contributed by atoms with Gasteiger partial charge in [-0.2, -0.15) is 0 Å². The van der Waals surface area contributed by atoms with Crippen molar-refractivity contribution in [1.29, 1.82) is 0 Å². The smallest absolute Gasteiger partial charge is 0.336 e. The van der Waals surface area contributed by atoms with Gasteiger partial charge in [0.2, 0.25) is 0 Å². The summed E-state index contributed by atoms with van der Waals surface area (Å²) < 4.78 is 11.7. The number of hydrogen-bond acceptors (Lipinski definition) is 4. The first kappa shape index (κ1) is 25.4. The quantitative estimate of drug-likeness (QED) is 0.189. The SMILES string of the molecule is C=CC(=O)OC(CC(CC)CCCC)(OC(=O)C(=C)C)C(CC)CCCC. The van der Waals surface area contributed by atoms with E-state index in [0.717, 1.165) is 57.4 Å². The van der Waals surface area contributed by atoms with Crippen LogP contribution in [0.4, 0.5) is 0 Å². The molecule has 0 saturated carbocycles. The number of hydrogen-bond donors (Lipinski definition) is 0. The Hall–Kier alpha value is -1.58. The number of rotatable bonds is 15. The van der Waals surface area contributed by atoms with Crippen molar-refractivity contribution in [2.45, 2.75) is 98.2 Å². The molecule has 0 saturated heterocycles. The fourth-order valence-corrected chi connectivity index (χ4v) is 3.42. The van der Waals surface area contributed by atoms with Crippen LogP contribution in [0.1, 0.15) is 92.4 Å². The van der Waals surface area contributed by atoms with Crippen molar-refractivity contribution >= 4 is 11.9 Å². The van der Waals surface area contributed by atoms with Gasteiger partial charge in [-0.3, -0.25) is 0 Å². The largest absolute Gasteiger partial charge is 0.419 e. The molecule has 4 heteroatoms. The maximum Gasteiger partial charge on any atom is 0.336 e. The predicted molar refractivity (Wildman–Crippen MR) is 111 cm³/mol. The van der Waals surface area contributed by atoms with Crippen molar-refractivity contribution in [3.8, 4) is 0 Å². The lowest BCUT2D eigenvalue weighted by atomic mass is 9.81. The van der Waals surface area contributed by atoms with E-state index in [1.54, 1.807) is 6.92 Å². The number of esters is 2. The van der Waals surface area contributed by atoms with Crippen molar-refractivity contribution in [2.75, 3.05) is 0 Å². The average Bonchev–Trinajstić information content (AvgIpc) is 2.65. The van der Waals surface area contributed by atoms with Crippen LogP contribution in [0.15, 0.2) is 24.8 Å². The van der Waals surface area contributed by atoms with E-state index in [2.05, 4.69) is 40.9 Å². The molecule has 0 aliphatic heterocycles. The highest BCUT2D eigenvalue weighted by molar-refractivity contribution is 5.87. The van der Waals surface area contributed by atoms with Gasteiger partial charge in [-0.05, 0) is 25.7 Å². The summed E-state index contributed by atoms with van der Waals surface area (Å²) in [6.07, 6.45) is 9.46. The number of unbranched alkanes of at least 4 members (excludes halogenated alkanes) is 2. The Morgan fingerprint density at radius 3 is 2.04 bits per heavy atom. The van der Waals surface area contributed by atoms with Crippen molar-refractivity contribution in [3.63, 3.8) is 0 Å². The first-order chi connectivity index (χ1) is 12.8. The molecule has 0 aliphatic carbocycles. The van der Waals surface area contributed by atoms with Crippen LogP contribution in [0.25, 0.3) is 0 Å². The van der Waals surface area contributed by atoms with Gasteiger partial charge in [0.15, 0.2) is 0 Å². The van der Waals surface area contributed by atoms with Crippen LogP contribution in [-0.2, 0) is 19.1 Å². The minimum Gasteiger partial charge on any atom is -0.419 e. The number of carbonyl (C=O) groups excluding carboxylic acids is 2. The monoisotopic (exact) mass is 380 g/mol. The van der Waals surface area contributed by atoms with Crippen molar-refractivity contribution in [1.82, 2.24) is 0 Å². The Bertz CT molecular complexity index is 483. The van der Waals surface area contributed by atoms with Crippen LogP contribution in [0.2, 0.25) is 0 Å². The van der Waals surface area contributed by atoms with Gasteiger partial charge in [0, 0.05) is 24.0 Å². The summed E-state index contributed by atoms with van der Waals surface area (Å²) in [5, 5.41) is 0. The van der Waals surface area contributed by atoms with Gasteiger partial charge in [-0.25, -0.2) is 9.59 Å². The summed E-state index contributed by atoms with van der Waals surface area (Å²) in [4.78, 5) is 24.7. The van der Waals surface area contributed by atoms with Gasteiger partial charge in [-0.1, -0.05) is 79.4 Å². The predicted octanol–water partition coefficient (Wildman–Crippen LogP) is 6.35. The minimum absolute atomic E-state index is 0.0553. The van der Waals surface area contributed by atoms with E-state index in [0.29, 0.717) is 17.9 Å². The molecular formula is C23H40O4. The molecule has 4 nitrogen and oxygen atoms in total. The second kappa shape index (κ2) is 13.6. The van der Waals surface area contributed by atoms with E-state index < -0.39 is 17.7 Å². The molecule has 0 radical (unpaired) electrons. The molecule has 0 heterocycles. The molecule has 0 fully saturated rings. The Labute approximate surface area is 166 Å². The van der Waals surface area contributed by atoms with E-state index in [4.69, 9.17) is 9.47 Å². The number of carbonyl (C=O) groups is 2. The Kier molecular flexibility index (Phi) is 12.8. The molecule has 0 spiro atoms. The Morgan fingerprint density at radius 1 is 1.00 bits per heavy atom. The van der Waals surface area contributed by atoms with E-state index in [1.807, 2.05) is 0 Å². The highest BCUT2D eigenvalue weighted by Crippen LogP contribution is 2.39. The Balaban J connectivity index is 5.98. The molecule has 0 aliphatic rings. The molecule has 3 atom stereocenters. The van der Waals surface area contributed by atoms with E-state index in [-0.39, 0.29) is 5.92 Å². The normalized spacial score (nSPS) is 15.3. The molecule has 27 heavy (non-hydrogen) atoms. The van der Waals surface area contributed by atoms with Crippen molar-refractivity contribution in [2.24, 2.45) is 11.8 Å². The molecule has 3 unspecified atom stereocenters. The Morgan fingerprint density at radius 2 is 1.59 bits per heavy atom. The maximum absolute atomic E-state index is 12.5. The molecule has 0 amide bonds. The highest BCUT2D eigenvalue weighted by atomic mass is 16.7. The summed E-state index contributed by atoms with van der Waals surface area (Å²) in [5.74, 6) is -2.06. The number of ether oxygens (including phenoxy) is 2. The highest BCUT2D eigenvalue weighted by Gasteiger charge is 2.46. The molecule has 0 rings (SSSR count). The lowest BCUT2D eigenvalue weighted by molar-refractivity contribution is -0.252. The van der Waals surface area contributed by atoms with Crippen LogP contribution < -0.4 is 0 Å². The molecular weight excluding hydrogens is 340 g/mol. The molecule has 156 valence electrons. The van der Waals surface area contributed by atoms with Gasteiger partial charge < -0.3 is 9.47 Å². The molecule has 0 aromatic rings. The molecule has 0 aromatic heterocycles. The second-order valence-electron chi connectivity index (χ2n) is 7.47. The minimum atomic E-state index is -1.26. The fraction of sp³-hybridized carbons (Fsp3) is 0.739. The zero-order chi connectivity index (χ0) is 20.9. The van der Waals surface area contributed by atoms with Crippen LogP contribution in [0.5, 0.6) is 0 Å². The summed E-state index contributed by atoms with van der Waals surface area (Å²) in [6, 6.07) is 0. The standard InChI is InChI=1S/C23H40O4/c1-8-13-15-19(10-3)17-23(26-21(24)12-5,27-22(25)18(6)7)20(11-4)16-14-9-2/h12,19-20H,5-6,8-11,13-17H2,1-4,7H3. The first-order valence-electron chi connectivity index (χ1n) is 10.5. The molecule has 0 bridgehead atoms. The summed E-state index contributed by atoms with van der Waals surface area (Å²) >= 11 is 0. The van der Waals surface area contributed by atoms with E-state index in [9.17, 15) is 9.59 Å². The maximum atomic E-state index is 12.5. The zero-order valence-corrected chi connectivity index (χ0v) is 18.1. The lowest BCUT2D eigenvalue weighted by Crippen LogP contribution is -2.48. The van der Waals surface area contributed by atoms with Gasteiger partial charge in [0.1, 0.15) is 0 Å². The zero-order valence-electron chi connectivity index (χ0n) is 18.1. The second-order valence-corrected chi connectivity index (χ2v) is 7.47. The third-order valence-electron chi connectivity index (χ3n) is 5.19. The third-order valence-corrected chi connectivity index (χ3v) is 5.19. The van der Waals surface area contributed by atoms with Gasteiger partial charge in [0.25, 0.3) is 5.79 Å². The van der Waals surface area contributed by atoms with Crippen LogP contribution >= 0.6 is 0 Å².